The molecular weight excluding hydrogens is 256 g/mol. The van der Waals surface area contributed by atoms with Crippen molar-refractivity contribution in [2.75, 3.05) is 27.3 Å². The van der Waals surface area contributed by atoms with Crippen molar-refractivity contribution < 1.29 is 14.3 Å². The first-order valence-electron chi connectivity index (χ1n) is 6.90. The molecule has 5 nitrogen and oxygen atoms in total. The molecule has 20 heavy (non-hydrogen) atoms. The highest BCUT2D eigenvalue weighted by Gasteiger charge is 2.26. The predicted molar refractivity (Wildman–Crippen MR) is 77.5 cm³/mol. The highest BCUT2D eigenvalue weighted by atomic mass is 16.5. The molecule has 2 unspecified atom stereocenters. The number of rotatable bonds is 4. The second-order valence-electron chi connectivity index (χ2n) is 5.09. The molecule has 0 saturated carbocycles. The number of benzene rings is 1. The summed E-state index contributed by atoms with van der Waals surface area (Å²) in [5.41, 5.74) is 0.454. The van der Waals surface area contributed by atoms with Crippen molar-refractivity contribution in [3.8, 4) is 11.5 Å². The molecule has 1 aliphatic rings. The Bertz CT molecular complexity index is 454. The quantitative estimate of drug-likeness (QED) is 0.875. The van der Waals surface area contributed by atoms with Gasteiger partial charge in [0.25, 0.3) is 5.91 Å². The fraction of sp³-hybridized carbons (Fsp3) is 0.533. The van der Waals surface area contributed by atoms with Gasteiger partial charge in [0, 0.05) is 12.6 Å². The van der Waals surface area contributed by atoms with Crippen molar-refractivity contribution in [2.45, 2.75) is 19.4 Å². The Morgan fingerprint density at radius 3 is 2.50 bits per heavy atom. The molecule has 1 fully saturated rings. The van der Waals surface area contributed by atoms with Gasteiger partial charge in [-0.25, -0.2) is 0 Å². The molecule has 0 radical (unpaired) electrons. The normalized spacial score (nSPS) is 22.1. The zero-order valence-electron chi connectivity index (χ0n) is 12.2. The molecule has 2 N–H and O–H groups in total. The summed E-state index contributed by atoms with van der Waals surface area (Å²) in [6.45, 7) is 3.96. The van der Waals surface area contributed by atoms with Gasteiger partial charge in [-0.05, 0) is 31.0 Å². The van der Waals surface area contributed by atoms with Gasteiger partial charge >= 0.3 is 0 Å². The molecule has 1 heterocycles. The van der Waals surface area contributed by atoms with Gasteiger partial charge in [-0.2, -0.15) is 0 Å². The van der Waals surface area contributed by atoms with Gasteiger partial charge in [0.1, 0.15) is 17.1 Å². The second-order valence-corrected chi connectivity index (χ2v) is 5.09. The van der Waals surface area contributed by atoms with E-state index in [0.29, 0.717) is 23.0 Å². The molecule has 0 aliphatic carbocycles. The molecule has 1 aromatic carbocycles. The third-order valence-electron chi connectivity index (χ3n) is 3.80. The molecule has 0 aromatic heterocycles. The molecule has 1 aromatic rings. The zero-order chi connectivity index (χ0) is 14.5. The number of hydrogen-bond acceptors (Lipinski definition) is 4. The Hall–Kier alpha value is -1.75. The Morgan fingerprint density at radius 2 is 1.95 bits per heavy atom. The van der Waals surface area contributed by atoms with E-state index in [2.05, 4.69) is 17.6 Å². The monoisotopic (exact) mass is 278 g/mol. The largest absolute Gasteiger partial charge is 0.496 e. The first-order chi connectivity index (χ1) is 9.67. The Labute approximate surface area is 119 Å². The molecule has 0 bridgehead atoms. The molecule has 5 heteroatoms. The molecule has 1 amide bonds. The average Bonchev–Trinajstić information content (AvgIpc) is 2.48. The molecule has 2 atom stereocenters. The van der Waals surface area contributed by atoms with Crippen LogP contribution in [0.15, 0.2) is 18.2 Å². The van der Waals surface area contributed by atoms with Crippen molar-refractivity contribution in [2.24, 2.45) is 5.92 Å². The summed E-state index contributed by atoms with van der Waals surface area (Å²) >= 11 is 0. The molecule has 1 aliphatic heterocycles. The highest BCUT2D eigenvalue weighted by Crippen LogP contribution is 2.28. The van der Waals surface area contributed by atoms with Gasteiger partial charge in [0.2, 0.25) is 0 Å². The highest BCUT2D eigenvalue weighted by molar-refractivity contribution is 5.99. The van der Waals surface area contributed by atoms with Crippen molar-refractivity contribution in [3.63, 3.8) is 0 Å². The lowest BCUT2D eigenvalue weighted by Gasteiger charge is -2.30. The van der Waals surface area contributed by atoms with Crippen molar-refractivity contribution in [3.05, 3.63) is 23.8 Å². The molecule has 2 rings (SSSR count). The number of carbonyl (C=O) groups excluding carboxylic acids is 1. The Balaban J connectivity index is 2.20. The lowest BCUT2D eigenvalue weighted by molar-refractivity contribution is 0.0909. The lowest BCUT2D eigenvalue weighted by atomic mass is 9.94. The molecule has 1 saturated heterocycles. The van der Waals surface area contributed by atoms with Crippen LogP contribution in [-0.2, 0) is 0 Å². The fourth-order valence-electron chi connectivity index (χ4n) is 2.50. The lowest BCUT2D eigenvalue weighted by Crippen LogP contribution is -2.50. The van der Waals surface area contributed by atoms with Gasteiger partial charge in [0.05, 0.1) is 14.2 Å². The summed E-state index contributed by atoms with van der Waals surface area (Å²) in [6.07, 6.45) is 1.06. The number of hydrogen-bond donors (Lipinski definition) is 2. The average molecular weight is 278 g/mol. The second kappa shape index (κ2) is 6.61. The van der Waals surface area contributed by atoms with Crippen LogP contribution in [0.1, 0.15) is 23.7 Å². The minimum absolute atomic E-state index is 0.130. The van der Waals surface area contributed by atoms with E-state index in [1.165, 1.54) is 0 Å². The van der Waals surface area contributed by atoms with Gasteiger partial charge in [-0.1, -0.05) is 13.0 Å². The Kier molecular flexibility index (Phi) is 4.84. The van der Waals surface area contributed by atoms with Crippen LogP contribution in [0.2, 0.25) is 0 Å². The van der Waals surface area contributed by atoms with E-state index in [1.807, 2.05) is 0 Å². The predicted octanol–water partition coefficient (Wildman–Crippen LogP) is 1.43. The number of ether oxygens (including phenoxy) is 2. The minimum Gasteiger partial charge on any atom is -0.496 e. The van der Waals surface area contributed by atoms with E-state index >= 15 is 0 Å². The first kappa shape index (κ1) is 14.7. The van der Waals surface area contributed by atoms with E-state index in [1.54, 1.807) is 32.4 Å². The van der Waals surface area contributed by atoms with Crippen molar-refractivity contribution in [1.29, 1.82) is 0 Å². The Morgan fingerprint density at radius 1 is 1.30 bits per heavy atom. The van der Waals surface area contributed by atoms with E-state index in [0.717, 1.165) is 19.5 Å². The van der Waals surface area contributed by atoms with Gasteiger partial charge in [0.15, 0.2) is 0 Å². The maximum absolute atomic E-state index is 12.5. The third-order valence-corrected chi connectivity index (χ3v) is 3.80. The number of methoxy groups -OCH3 is 2. The minimum atomic E-state index is -0.153. The van der Waals surface area contributed by atoms with Crippen LogP contribution < -0.4 is 20.1 Å². The molecule has 110 valence electrons. The van der Waals surface area contributed by atoms with E-state index in [4.69, 9.17) is 9.47 Å². The van der Waals surface area contributed by atoms with Crippen LogP contribution in [0.3, 0.4) is 0 Å². The first-order valence-corrected chi connectivity index (χ1v) is 6.90. The van der Waals surface area contributed by atoms with Gasteiger partial charge in [-0.15, -0.1) is 0 Å². The molecular formula is C15H22N2O3. The zero-order valence-corrected chi connectivity index (χ0v) is 12.2. The van der Waals surface area contributed by atoms with Gasteiger partial charge in [-0.3, -0.25) is 4.79 Å². The van der Waals surface area contributed by atoms with E-state index in [9.17, 15) is 4.79 Å². The SMILES string of the molecule is COc1cccc(OC)c1C(=O)NC1CNCCC1C. The van der Waals surface area contributed by atoms with Crippen LogP contribution in [0, 0.1) is 5.92 Å². The summed E-state index contributed by atoms with van der Waals surface area (Å²) in [6, 6.07) is 5.46. The van der Waals surface area contributed by atoms with Crippen molar-refractivity contribution in [1.82, 2.24) is 10.6 Å². The maximum atomic E-state index is 12.5. The van der Waals surface area contributed by atoms with Crippen LogP contribution in [-0.4, -0.2) is 39.3 Å². The summed E-state index contributed by atoms with van der Waals surface area (Å²) in [5.74, 6) is 1.36. The van der Waals surface area contributed by atoms with Crippen LogP contribution >= 0.6 is 0 Å². The van der Waals surface area contributed by atoms with E-state index < -0.39 is 0 Å². The number of piperidine rings is 1. The third kappa shape index (κ3) is 3.04. The number of nitrogens with one attached hydrogen (secondary N) is 2. The summed E-state index contributed by atoms with van der Waals surface area (Å²) < 4.78 is 10.5. The van der Waals surface area contributed by atoms with E-state index in [-0.39, 0.29) is 11.9 Å². The van der Waals surface area contributed by atoms with Gasteiger partial charge < -0.3 is 20.1 Å². The molecule has 0 spiro atoms. The maximum Gasteiger partial charge on any atom is 0.259 e. The van der Waals surface area contributed by atoms with Crippen LogP contribution in [0.25, 0.3) is 0 Å². The topological polar surface area (TPSA) is 59.6 Å². The number of amides is 1. The van der Waals surface area contributed by atoms with Crippen LogP contribution in [0.4, 0.5) is 0 Å². The standard InChI is InChI=1S/C15H22N2O3/c1-10-7-8-16-9-11(10)17-15(18)14-12(19-2)5-4-6-13(14)20-3/h4-6,10-11,16H,7-9H2,1-3H3,(H,17,18). The summed E-state index contributed by atoms with van der Waals surface area (Å²) in [4.78, 5) is 12.5. The fourth-order valence-corrected chi connectivity index (χ4v) is 2.50. The van der Waals surface area contributed by atoms with Crippen LogP contribution in [0.5, 0.6) is 11.5 Å². The number of carbonyl (C=O) groups is 1. The summed E-state index contributed by atoms with van der Waals surface area (Å²) in [7, 11) is 3.10. The smallest absolute Gasteiger partial charge is 0.259 e. The summed E-state index contributed by atoms with van der Waals surface area (Å²) in [5, 5.41) is 6.37. The van der Waals surface area contributed by atoms with Crippen molar-refractivity contribution >= 4 is 5.91 Å².